The van der Waals surface area contributed by atoms with Gasteiger partial charge in [-0.15, -0.1) is 0 Å². The zero-order valence-corrected chi connectivity index (χ0v) is 13.7. The molecule has 0 spiro atoms. The highest BCUT2D eigenvalue weighted by atomic mass is 32.2. The first kappa shape index (κ1) is 15.0. The number of hydrogen-bond acceptors (Lipinski definition) is 2. The van der Waals surface area contributed by atoms with Gasteiger partial charge < -0.3 is 0 Å². The summed E-state index contributed by atoms with van der Waals surface area (Å²) >= 11 is 0. The van der Waals surface area contributed by atoms with Gasteiger partial charge in [-0.2, -0.15) is 0 Å². The highest BCUT2D eigenvalue weighted by molar-refractivity contribution is 7.90. The monoisotopic (exact) mass is 312 g/mol. The van der Waals surface area contributed by atoms with E-state index in [2.05, 4.69) is 37.3 Å². The number of hydrogen-bond donors (Lipinski definition) is 0. The molecular formula is C19H20O2S. The Hall–Kier alpha value is -1.87. The molecule has 0 amide bonds. The fraction of sp³-hybridized carbons (Fsp3) is 0.263. The Morgan fingerprint density at radius 3 is 2.14 bits per heavy atom. The maximum absolute atomic E-state index is 11.6. The molecule has 0 saturated heterocycles. The zero-order chi connectivity index (χ0) is 15.7. The summed E-state index contributed by atoms with van der Waals surface area (Å²) in [7, 11) is -3.13. The van der Waals surface area contributed by atoms with Crippen molar-refractivity contribution in [1.29, 1.82) is 0 Å². The average molecular weight is 312 g/mol. The van der Waals surface area contributed by atoms with Crippen LogP contribution in [0.25, 0.3) is 5.57 Å². The number of sulfone groups is 1. The highest BCUT2D eigenvalue weighted by Crippen LogP contribution is 2.48. The van der Waals surface area contributed by atoms with Crippen molar-refractivity contribution in [2.24, 2.45) is 5.92 Å². The van der Waals surface area contributed by atoms with E-state index in [4.69, 9.17) is 0 Å². The van der Waals surface area contributed by atoms with Gasteiger partial charge in [0, 0.05) is 12.2 Å². The van der Waals surface area contributed by atoms with Gasteiger partial charge in [-0.25, -0.2) is 8.42 Å². The third-order valence-corrected chi connectivity index (χ3v) is 5.53. The lowest BCUT2D eigenvalue weighted by molar-refractivity contribution is 0.532. The first-order valence-corrected chi connectivity index (χ1v) is 9.47. The van der Waals surface area contributed by atoms with E-state index in [0.717, 1.165) is 6.42 Å². The first-order valence-electron chi connectivity index (χ1n) is 7.58. The molecule has 2 aromatic carbocycles. The normalized spacial score (nSPS) is 21.1. The Kier molecular flexibility index (Phi) is 3.92. The maximum atomic E-state index is 11.6. The zero-order valence-electron chi connectivity index (χ0n) is 12.9. The van der Waals surface area contributed by atoms with Crippen molar-refractivity contribution < 1.29 is 8.42 Å². The minimum absolute atomic E-state index is 0.362. The minimum atomic E-state index is -3.13. The lowest BCUT2D eigenvalue weighted by atomic mass is 9.67. The molecule has 0 aromatic heterocycles. The molecule has 2 aromatic rings. The van der Waals surface area contributed by atoms with Gasteiger partial charge in [-0.1, -0.05) is 55.5 Å². The van der Waals surface area contributed by atoms with Crippen LogP contribution in [0.1, 0.15) is 30.4 Å². The van der Waals surface area contributed by atoms with Crippen molar-refractivity contribution in [2.75, 3.05) is 6.26 Å². The van der Waals surface area contributed by atoms with Crippen molar-refractivity contribution in [2.45, 2.75) is 24.2 Å². The van der Waals surface area contributed by atoms with E-state index in [1.165, 1.54) is 23.0 Å². The van der Waals surface area contributed by atoms with Crippen molar-refractivity contribution in [3.8, 4) is 0 Å². The highest BCUT2D eigenvalue weighted by Gasteiger charge is 2.33. The molecule has 22 heavy (non-hydrogen) atoms. The van der Waals surface area contributed by atoms with Crippen molar-refractivity contribution in [3.63, 3.8) is 0 Å². The molecular weight excluding hydrogens is 292 g/mol. The molecule has 1 aliphatic carbocycles. The largest absolute Gasteiger partial charge is 0.224 e. The first-order chi connectivity index (χ1) is 10.5. The average Bonchev–Trinajstić information content (AvgIpc) is 2.47. The second kappa shape index (κ2) is 5.73. The van der Waals surface area contributed by atoms with Crippen LogP contribution in [-0.4, -0.2) is 14.7 Å². The Bertz CT molecular complexity index is 787. The predicted octanol–water partition coefficient (Wildman–Crippen LogP) is 4.30. The second-order valence-corrected chi connectivity index (χ2v) is 7.89. The standard InChI is InChI=1S/C19H20O2S/c1-3-14-13-18(15-7-5-4-6-8-15)19(14)16-9-11-17(12-10-16)22(2,20)21/h4-14,19H,3H2,1-2H3. The third-order valence-electron chi connectivity index (χ3n) is 4.40. The van der Waals surface area contributed by atoms with Crippen LogP contribution in [-0.2, 0) is 9.84 Å². The van der Waals surface area contributed by atoms with Crippen LogP contribution in [0, 0.1) is 5.92 Å². The Morgan fingerprint density at radius 1 is 0.955 bits per heavy atom. The molecule has 0 fully saturated rings. The van der Waals surface area contributed by atoms with Crippen LogP contribution in [0.5, 0.6) is 0 Å². The number of allylic oxidation sites excluding steroid dienone is 2. The molecule has 0 aliphatic heterocycles. The molecule has 2 nitrogen and oxygen atoms in total. The molecule has 114 valence electrons. The van der Waals surface area contributed by atoms with Gasteiger partial charge in [0.25, 0.3) is 0 Å². The third kappa shape index (κ3) is 2.73. The summed E-state index contributed by atoms with van der Waals surface area (Å²) in [6.45, 7) is 2.20. The lowest BCUT2D eigenvalue weighted by Crippen LogP contribution is -2.21. The van der Waals surface area contributed by atoms with E-state index in [9.17, 15) is 8.42 Å². The summed E-state index contributed by atoms with van der Waals surface area (Å²) < 4.78 is 23.2. The van der Waals surface area contributed by atoms with Gasteiger partial charge in [0.1, 0.15) is 0 Å². The second-order valence-electron chi connectivity index (χ2n) is 5.88. The van der Waals surface area contributed by atoms with E-state index in [1.807, 2.05) is 18.2 Å². The molecule has 0 bridgehead atoms. The van der Waals surface area contributed by atoms with E-state index in [1.54, 1.807) is 12.1 Å². The Balaban J connectivity index is 1.95. The van der Waals surface area contributed by atoms with Crippen LogP contribution in [0.3, 0.4) is 0 Å². The molecule has 0 saturated carbocycles. The van der Waals surface area contributed by atoms with Gasteiger partial charge in [0.2, 0.25) is 0 Å². The summed E-state index contributed by atoms with van der Waals surface area (Å²) in [6, 6.07) is 17.8. The van der Waals surface area contributed by atoms with Crippen molar-refractivity contribution in [3.05, 3.63) is 71.8 Å². The molecule has 0 radical (unpaired) electrons. The SMILES string of the molecule is CCC1C=C(c2ccccc2)C1c1ccc(S(C)(=O)=O)cc1. The molecule has 2 unspecified atom stereocenters. The molecule has 0 heterocycles. The summed E-state index contributed by atoms with van der Waals surface area (Å²) in [5.41, 5.74) is 3.80. The Labute approximate surface area is 132 Å². The van der Waals surface area contributed by atoms with E-state index in [0.29, 0.717) is 16.7 Å². The molecule has 3 heteroatoms. The van der Waals surface area contributed by atoms with Gasteiger partial charge in [-0.05, 0) is 41.2 Å². The van der Waals surface area contributed by atoms with Gasteiger partial charge >= 0.3 is 0 Å². The van der Waals surface area contributed by atoms with Crippen LogP contribution in [0.2, 0.25) is 0 Å². The van der Waals surface area contributed by atoms with Crippen LogP contribution in [0.15, 0.2) is 65.6 Å². The smallest absolute Gasteiger partial charge is 0.175 e. The molecule has 0 N–H and O–H groups in total. The summed E-state index contributed by atoms with van der Waals surface area (Å²) in [5, 5.41) is 0. The van der Waals surface area contributed by atoms with Gasteiger partial charge in [-0.3, -0.25) is 0 Å². The summed E-state index contributed by atoms with van der Waals surface area (Å²) in [5.74, 6) is 0.889. The van der Waals surface area contributed by atoms with Crippen LogP contribution >= 0.6 is 0 Å². The van der Waals surface area contributed by atoms with E-state index >= 15 is 0 Å². The summed E-state index contributed by atoms with van der Waals surface area (Å²) in [4.78, 5) is 0.383. The number of rotatable bonds is 4. The maximum Gasteiger partial charge on any atom is 0.175 e. The van der Waals surface area contributed by atoms with E-state index in [-0.39, 0.29) is 0 Å². The van der Waals surface area contributed by atoms with Crippen molar-refractivity contribution in [1.82, 2.24) is 0 Å². The molecule has 1 aliphatic rings. The van der Waals surface area contributed by atoms with Crippen LogP contribution < -0.4 is 0 Å². The quantitative estimate of drug-likeness (QED) is 0.843. The fourth-order valence-corrected chi connectivity index (χ4v) is 3.78. The lowest BCUT2D eigenvalue weighted by Gasteiger charge is -2.36. The number of benzene rings is 2. The van der Waals surface area contributed by atoms with Gasteiger partial charge in [0.05, 0.1) is 4.90 Å². The Morgan fingerprint density at radius 2 is 1.59 bits per heavy atom. The summed E-state index contributed by atoms with van der Waals surface area (Å²) in [6.07, 6.45) is 4.68. The molecule has 2 atom stereocenters. The predicted molar refractivity (Wildman–Crippen MR) is 90.5 cm³/mol. The van der Waals surface area contributed by atoms with E-state index < -0.39 is 9.84 Å². The minimum Gasteiger partial charge on any atom is -0.224 e. The topological polar surface area (TPSA) is 34.1 Å². The van der Waals surface area contributed by atoms with Crippen LogP contribution in [0.4, 0.5) is 0 Å². The fourth-order valence-electron chi connectivity index (χ4n) is 3.15. The van der Waals surface area contributed by atoms with Crippen molar-refractivity contribution >= 4 is 15.4 Å². The van der Waals surface area contributed by atoms with Gasteiger partial charge in [0.15, 0.2) is 9.84 Å². The molecule has 3 rings (SSSR count).